The Kier molecular flexibility index (Phi) is 7.03. The summed E-state index contributed by atoms with van der Waals surface area (Å²) in [5.74, 6) is 0.166. The highest BCUT2D eigenvalue weighted by Crippen LogP contribution is 2.26. The van der Waals surface area contributed by atoms with E-state index in [1.54, 1.807) is 4.90 Å². The van der Waals surface area contributed by atoms with Crippen molar-refractivity contribution in [3.63, 3.8) is 0 Å². The third-order valence-corrected chi connectivity index (χ3v) is 5.06. The average Bonchev–Trinajstić information content (AvgIpc) is 3.08. The first kappa shape index (κ1) is 20.7. The fraction of sp³-hybridized carbons (Fsp3) is 0.842. The van der Waals surface area contributed by atoms with Crippen molar-refractivity contribution in [1.29, 1.82) is 0 Å². The van der Waals surface area contributed by atoms with Crippen LogP contribution in [0.4, 0.5) is 0 Å². The second-order valence-corrected chi connectivity index (χ2v) is 8.36. The van der Waals surface area contributed by atoms with Crippen molar-refractivity contribution in [2.45, 2.75) is 53.0 Å². The third kappa shape index (κ3) is 5.19. The molecule has 2 fully saturated rings. The van der Waals surface area contributed by atoms with Crippen LogP contribution in [0.1, 0.15) is 47.0 Å². The number of rotatable bonds is 5. The maximum Gasteiger partial charge on any atom is 0.245 e. The molecule has 2 heterocycles. The first-order valence-electron chi connectivity index (χ1n) is 9.83. The molecular formula is C19H34N4O3. The number of hydrogen-bond donors (Lipinski definition) is 1. The molecule has 3 amide bonds. The molecule has 7 nitrogen and oxygen atoms in total. The number of amides is 3. The van der Waals surface area contributed by atoms with Crippen LogP contribution in [0, 0.1) is 5.41 Å². The highest BCUT2D eigenvalue weighted by Gasteiger charge is 2.40. The molecule has 0 aromatic rings. The summed E-state index contributed by atoms with van der Waals surface area (Å²) in [4.78, 5) is 43.1. The second-order valence-electron chi connectivity index (χ2n) is 8.36. The molecule has 1 N–H and O–H groups in total. The van der Waals surface area contributed by atoms with Gasteiger partial charge in [-0.05, 0) is 19.3 Å². The lowest BCUT2D eigenvalue weighted by molar-refractivity contribution is -0.149. The molecule has 148 valence electrons. The highest BCUT2D eigenvalue weighted by atomic mass is 16.2. The summed E-state index contributed by atoms with van der Waals surface area (Å²) < 4.78 is 0. The molecule has 2 aliphatic heterocycles. The van der Waals surface area contributed by atoms with Gasteiger partial charge in [0.05, 0.1) is 6.54 Å². The number of carbonyl (C=O) groups is 3. The SMILES string of the molecule is CCCNC(=O)CN1CCN(C(=O)C2CCCN2C(=O)C(C)(C)C)CC1. The standard InChI is InChI=1S/C19H34N4O3/c1-5-8-20-16(24)14-21-10-12-22(13-11-21)17(25)15-7-6-9-23(15)18(26)19(2,3)4/h15H,5-14H2,1-4H3,(H,20,24). The Hall–Kier alpha value is -1.63. The van der Waals surface area contributed by atoms with Gasteiger partial charge < -0.3 is 15.1 Å². The molecule has 1 atom stereocenters. The van der Waals surface area contributed by atoms with Crippen molar-refractivity contribution in [2.75, 3.05) is 45.8 Å². The Morgan fingerprint density at radius 3 is 2.27 bits per heavy atom. The van der Waals surface area contributed by atoms with E-state index in [4.69, 9.17) is 0 Å². The van der Waals surface area contributed by atoms with E-state index < -0.39 is 5.41 Å². The maximum atomic E-state index is 12.9. The summed E-state index contributed by atoms with van der Waals surface area (Å²) in [6.07, 6.45) is 2.56. The van der Waals surface area contributed by atoms with E-state index in [0.29, 0.717) is 45.8 Å². The van der Waals surface area contributed by atoms with Crippen molar-refractivity contribution in [3.8, 4) is 0 Å². The molecule has 0 aliphatic carbocycles. The molecule has 0 aromatic heterocycles. The second kappa shape index (κ2) is 8.84. The molecule has 2 rings (SSSR count). The van der Waals surface area contributed by atoms with Crippen LogP contribution in [-0.4, -0.2) is 84.3 Å². The van der Waals surface area contributed by atoms with E-state index in [0.717, 1.165) is 19.3 Å². The lowest BCUT2D eigenvalue weighted by Gasteiger charge is -2.38. The molecule has 26 heavy (non-hydrogen) atoms. The minimum Gasteiger partial charge on any atom is -0.355 e. The van der Waals surface area contributed by atoms with Gasteiger partial charge in [0, 0.05) is 44.7 Å². The lowest BCUT2D eigenvalue weighted by Crippen LogP contribution is -2.56. The summed E-state index contributed by atoms with van der Waals surface area (Å²) in [5.41, 5.74) is -0.465. The van der Waals surface area contributed by atoms with Crippen LogP contribution in [0.25, 0.3) is 0 Å². The Labute approximate surface area is 157 Å². The minimum atomic E-state index is -0.465. The summed E-state index contributed by atoms with van der Waals surface area (Å²) in [7, 11) is 0. The summed E-state index contributed by atoms with van der Waals surface area (Å²) in [6.45, 7) is 12.1. The molecule has 0 saturated carbocycles. The van der Waals surface area contributed by atoms with Gasteiger partial charge in [0.2, 0.25) is 17.7 Å². The van der Waals surface area contributed by atoms with Crippen LogP contribution in [0.15, 0.2) is 0 Å². The number of likely N-dealkylation sites (tertiary alicyclic amines) is 1. The van der Waals surface area contributed by atoms with Gasteiger partial charge in [0.1, 0.15) is 6.04 Å². The molecule has 0 bridgehead atoms. The normalized spacial score (nSPS) is 21.8. The first-order chi connectivity index (χ1) is 12.2. The molecule has 2 aliphatic rings. The van der Waals surface area contributed by atoms with Crippen LogP contribution in [0.5, 0.6) is 0 Å². The van der Waals surface area contributed by atoms with E-state index in [9.17, 15) is 14.4 Å². The predicted octanol–water partition coefficient (Wildman–Crippen LogP) is 0.694. The topological polar surface area (TPSA) is 73.0 Å². The van der Waals surface area contributed by atoms with E-state index in [1.807, 2.05) is 32.6 Å². The number of hydrogen-bond acceptors (Lipinski definition) is 4. The maximum absolute atomic E-state index is 12.9. The highest BCUT2D eigenvalue weighted by molar-refractivity contribution is 5.90. The van der Waals surface area contributed by atoms with Gasteiger partial charge >= 0.3 is 0 Å². The van der Waals surface area contributed by atoms with Crippen molar-refractivity contribution in [1.82, 2.24) is 20.0 Å². The number of carbonyl (C=O) groups excluding carboxylic acids is 3. The van der Waals surface area contributed by atoms with Crippen molar-refractivity contribution >= 4 is 17.7 Å². The Balaban J connectivity index is 1.86. The monoisotopic (exact) mass is 366 g/mol. The van der Waals surface area contributed by atoms with Crippen molar-refractivity contribution in [2.24, 2.45) is 5.41 Å². The zero-order valence-electron chi connectivity index (χ0n) is 16.7. The average molecular weight is 367 g/mol. The Morgan fingerprint density at radius 1 is 1.04 bits per heavy atom. The first-order valence-corrected chi connectivity index (χ1v) is 9.83. The largest absolute Gasteiger partial charge is 0.355 e. The van der Waals surface area contributed by atoms with Crippen LogP contribution < -0.4 is 5.32 Å². The van der Waals surface area contributed by atoms with Gasteiger partial charge in [-0.2, -0.15) is 0 Å². The van der Waals surface area contributed by atoms with Crippen LogP contribution in [0.2, 0.25) is 0 Å². The van der Waals surface area contributed by atoms with Gasteiger partial charge in [0.25, 0.3) is 0 Å². The van der Waals surface area contributed by atoms with Gasteiger partial charge in [-0.3, -0.25) is 19.3 Å². The van der Waals surface area contributed by atoms with Gasteiger partial charge in [-0.1, -0.05) is 27.7 Å². The van der Waals surface area contributed by atoms with Crippen molar-refractivity contribution < 1.29 is 14.4 Å². The minimum absolute atomic E-state index is 0.0457. The predicted molar refractivity (Wildman–Crippen MR) is 101 cm³/mol. The molecular weight excluding hydrogens is 332 g/mol. The van der Waals surface area contributed by atoms with Gasteiger partial charge in [0.15, 0.2) is 0 Å². The smallest absolute Gasteiger partial charge is 0.245 e. The zero-order chi connectivity index (χ0) is 19.3. The molecule has 2 saturated heterocycles. The van der Waals surface area contributed by atoms with Crippen LogP contribution in [-0.2, 0) is 14.4 Å². The number of nitrogens with zero attached hydrogens (tertiary/aromatic N) is 3. The van der Waals surface area contributed by atoms with Gasteiger partial charge in [-0.15, -0.1) is 0 Å². The summed E-state index contributed by atoms with van der Waals surface area (Å²) >= 11 is 0. The lowest BCUT2D eigenvalue weighted by atomic mass is 9.94. The Morgan fingerprint density at radius 2 is 1.69 bits per heavy atom. The molecule has 0 spiro atoms. The van der Waals surface area contributed by atoms with Gasteiger partial charge in [-0.25, -0.2) is 0 Å². The van der Waals surface area contributed by atoms with E-state index >= 15 is 0 Å². The van der Waals surface area contributed by atoms with E-state index in [-0.39, 0.29) is 23.8 Å². The fourth-order valence-corrected chi connectivity index (χ4v) is 3.56. The fourth-order valence-electron chi connectivity index (χ4n) is 3.56. The molecule has 1 unspecified atom stereocenters. The number of nitrogens with one attached hydrogen (secondary N) is 1. The molecule has 0 aromatic carbocycles. The molecule has 7 heteroatoms. The van der Waals surface area contributed by atoms with Crippen molar-refractivity contribution in [3.05, 3.63) is 0 Å². The Bertz CT molecular complexity index is 521. The summed E-state index contributed by atoms with van der Waals surface area (Å²) in [5, 5.41) is 2.89. The molecule has 0 radical (unpaired) electrons. The zero-order valence-corrected chi connectivity index (χ0v) is 16.7. The quantitative estimate of drug-likeness (QED) is 0.777. The summed E-state index contributed by atoms with van der Waals surface area (Å²) in [6, 6.07) is -0.318. The van der Waals surface area contributed by atoms with E-state index in [1.165, 1.54) is 0 Å². The third-order valence-electron chi connectivity index (χ3n) is 5.06. The van der Waals surface area contributed by atoms with Crippen LogP contribution >= 0.6 is 0 Å². The number of piperazine rings is 1. The van der Waals surface area contributed by atoms with E-state index in [2.05, 4.69) is 10.2 Å². The van der Waals surface area contributed by atoms with Crippen LogP contribution in [0.3, 0.4) is 0 Å².